The molecule has 7 heteroatoms. The van der Waals surface area contributed by atoms with Crippen LogP contribution in [0.3, 0.4) is 0 Å². The van der Waals surface area contributed by atoms with Crippen molar-refractivity contribution in [3.8, 4) is 5.75 Å². The molecule has 1 aromatic carbocycles. The van der Waals surface area contributed by atoms with Crippen LogP contribution in [0.5, 0.6) is 5.75 Å². The van der Waals surface area contributed by atoms with Crippen molar-refractivity contribution in [1.82, 2.24) is 9.80 Å². The second-order valence-corrected chi connectivity index (χ2v) is 5.66. The van der Waals surface area contributed by atoms with Gasteiger partial charge in [-0.1, -0.05) is 23.2 Å². The Hall–Kier alpha value is -1.30. The van der Waals surface area contributed by atoms with Crippen molar-refractivity contribution < 1.29 is 9.53 Å². The van der Waals surface area contributed by atoms with Crippen LogP contribution < -0.4 is 4.74 Å². The number of amides is 1. The van der Waals surface area contributed by atoms with E-state index in [4.69, 9.17) is 40.2 Å². The minimum atomic E-state index is -0.163. The number of ether oxygens (including phenoxy) is 1. The molecule has 0 N–H and O–H groups in total. The van der Waals surface area contributed by atoms with Gasteiger partial charge in [0.25, 0.3) is 5.91 Å². The van der Waals surface area contributed by atoms with Crippen molar-refractivity contribution in [3.63, 3.8) is 0 Å². The summed E-state index contributed by atoms with van der Waals surface area (Å²) in [5.41, 5.74) is 1.18. The Morgan fingerprint density at radius 3 is 2.24 bits per heavy atom. The molecule has 4 nitrogen and oxygen atoms in total. The quantitative estimate of drug-likeness (QED) is 0.621. The minimum Gasteiger partial charge on any atom is -0.491 e. The molecule has 0 aliphatic carbocycles. The average Bonchev–Trinajstić information content (AvgIpc) is 2.61. The Bertz CT molecular complexity index is 623. The van der Waals surface area contributed by atoms with Crippen molar-refractivity contribution in [2.75, 3.05) is 20.7 Å². The van der Waals surface area contributed by atoms with Crippen LogP contribution in [0, 0.1) is 0 Å². The molecule has 1 aliphatic heterocycles. The molecule has 21 heavy (non-hydrogen) atoms. The lowest BCUT2D eigenvalue weighted by Crippen LogP contribution is -2.26. The number of carbonyl (C=O) groups is 1. The monoisotopic (exact) mass is 344 g/mol. The van der Waals surface area contributed by atoms with Crippen LogP contribution in [-0.4, -0.2) is 41.5 Å². The van der Waals surface area contributed by atoms with Gasteiger partial charge in [0.2, 0.25) is 0 Å². The van der Waals surface area contributed by atoms with Gasteiger partial charge in [-0.3, -0.25) is 9.69 Å². The summed E-state index contributed by atoms with van der Waals surface area (Å²) < 4.78 is 5.38. The van der Waals surface area contributed by atoms with Gasteiger partial charge in [-0.05, 0) is 42.9 Å². The smallest absolute Gasteiger partial charge is 0.276 e. The van der Waals surface area contributed by atoms with Crippen LogP contribution in [0.4, 0.5) is 0 Å². The number of carbonyl (C=O) groups excluding carboxylic acids is 1. The average molecular weight is 345 g/mol. The largest absolute Gasteiger partial charge is 0.491 e. The molecule has 0 unspecified atom stereocenters. The van der Waals surface area contributed by atoms with E-state index in [1.165, 1.54) is 4.90 Å². The number of hydrogen-bond donors (Lipinski definition) is 0. The fourth-order valence-corrected chi connectivity index (χ4v) is 2.79. The molecule has 1 saturated heterocycles. The number of thiocarbonyl (C=S) groups is 1. The summed E-state index contributed by atoms with van der Waals surface area (Å²) in [5.74, 6) is 0.283. The Kier molecular flexibility index (Phi) is 4.76. The van der Waals surface area contributed by atoms with E-state index in [0.29, 0.717) is 38.8 Å². The molecule has 1 aromatic rings. The maximum Gasteiger partial charge on any atom is 0.276 e. The van der Waals surface area contributed by atoms with Gasteiger partial charge < -0.3 is 9.64 Å². The maximum absolute atomic E-state index is 12.1. The fraction of sp³-hybridized carbons (Fsp3) is 0.286. The maximum atomic E-state index is 12.1. The van der Waals surface area contributed by atoms with Crippen LogP contribution in [-0.2, 0) is 4.79 Å². The van der Waals surface area contributed by atoms with Gasteiger partial charge in [0.1, 0.15) is 5.70 Å². The van der Waals surface area contributed by atoms with E-state index >= 15 is 0 Å². The molecular formula is C14H14Cl2N2O2S. The third-order valence-electron chi connectivity index (χ3n) is 3.07. The van der Waals surface area contributed by atoms with E-state index in [1.54, 1.807) is 37.2 Å². The van der Waals surface area contributed by atoms with E-state index in [1.807, 2.05) is 6.92 Å². The van der Waals surface area contributed by atoms with Crippen LogP contribution >= 0.6 is 35.4 Å². The first-order chi connectivity index (χ1) is 9.86. The molecule has 0 radical (unpaired) electrons. The van der Waals surface area contributed by atoms with Crippen molar-refractivity contribution in [2.45, 2.75) is 6.92 Å². The summed E-state index contributed by atoms with van der Waals surface area (Å²) in [5, 5.41) is 1.26. The number of hydrogen-bond acceptors (Lipinski definition) is 3. The summed E-state index contributed by atoms with van der Waals surface area (Å²) in [4.78, 5) is 15.2. The van der Waals surface area contributed by atoms with Gasteiger partial charge in [0.15, 0.2) is 10.9 Å². The topological polar surface area (TPSA) is 32.8 Å². The molecule has 1 heterocycles. The zero-order chi connectivity index (χ0) is 15.7. The molecule has 1 aliphatic rings. The molecule has 0 aromatic heterocycles. The predicted octanol–water partition coefficient (Wildman–Crippen LogP) is 3.42. The Morgan fingerprint density at radius 2 is 1.81 bits per heavy atom. The first-order valence-corrected chi connectivity index (χ1v) is 7.42. The Balaban J connectivity index is 2.42. The highest BCUT2D eigenvalue weighted by Gasteiger charge is 2.32. The number of halogens is 2. The number of nitrogens with zero attached hydrogens (tertiary/aromatic N) is 2. The molecule has 2 rings (SSSR count). The van der Waals surface area contributed by atoms with Gasteiger partial charge >= 0.3 is 0 Å². The van der Waals surface area contributed by atoms with Crippen LogP contribution in [0.1, 0.15) is 12.5 Å². The number of likely N-dealkylation sites (N-methyl/N-ethyl adjacent to an activating group) is 2. The molecule has 0 bridgehead atoms. The lowest BCUT2D eigenvalue weighted by molar-refractivity contribution is -0.121. The van der Waals surface area contributed by atoms with E-state index in [0.717, 1.165) is 0 Å². The summed E-state index contributed by atoms with van der Waals surface area (Å²) in [6.07, 6.45) is 1.70. The van der Waals surface area contributed by atoms with E-state index in [9.17, 15) is 4.79 Å². The Morgan fingerprint density at radius 1 is 1.24 bits per heavy atom. The lowest BCUT2D eigenvalue weighted by atomic mass is 10.1. The number of rotatable bonds is 3. The second-order valence-electron chi connectivity index (χ2n) is 4.48. The van der Waals surface area contributed by atoms with Crippen LogP contribution in [0.2, 0.25) is 10.0 Å². The molecule has 0 spiro atoms. The Labute approximate surface area is 138 Å². The molecular weight excluding hydrogens is 331 g/mol. The van der Waals surface area contributed by atoms with Crippen LogP contribution in [0.15, 0.2) is 17.8 Å². The van der Waals surface area contributed by atoms with Crippen LogP contribution in [0.25, 0.3) is 6.08 Å². The normalized spacial score (nSPS) is 17.1. The van der Waals surface area contributed by atoms with Gasteiger partial charge in [0.05, 0.1) is 16.7 Å². The summed E-state index contributed by atoms with van der Waals surface area (Å²) >= 11 is 17.5. The first-order valence-electron chi connectivity index (χ1n) is 6.26. The summed E-state index contributed by atoms with van der Waals surface area (Å²) in [7, 11) is 3.38. The highest BCUT2D eigenvalue weighted by molar-refractivity contribution is 7.80. The van der Waals surface area contributed by atoms with Gasteiger partial charge in [0, 0.05) is 14.1 Å². The molecule has 1 amide bonds. The first kappa shape index (κ1) is 16.1. The zero-order valence-corrected chi connectivity index (χ0v) is 14.1. The predicted molar refractivity (Wildman–Crippen MR) is 88.7 cm³/mol. The summed E-state index contributed by atoms with van der Waals surface area (Å²) in [6.45, 7) is 2.33. The minimum absolute atomic E-state index is 0.163. The van der Waals surface area contributed by atoms with E-state index < -0.39 is 0 Å². The summed E-state index contributed by atoms with van der Waals surface area (Å²) in [6, 6.07) is 3.40. The highest BCUT2D eigenvalue weighted by Crippen LogP contribution is 2.35. The van der Waals surface area contributed by atoms with E-state index in [-0.39, 0.29) is 5.91 Å². The molecule has 0 saturated carbocycles. The fourth-order valence-electron chi connectivity index (χ4n) is 1.99. The third-order valence-corrected chi connectivity index (χ3v) is 4.18. The van der Waals surface area contributed by atoms with Crippen molar-refractivity contribution in [2.24, 2.45) is 0 Å². The zero-order valence-electron chi connectivity index (χ0n) is 11.8. The third kappa shape index (κ3) is 3.00. The number of benzene rings is 1. The van der Waals surface area contributed by atoms with Crippen molar-refractivity contribution in [3.05, 3.63) is 33.4 Å². The SMILES string of the molecule is CCOc1c(Cl)cc(/C=C2/C(=O)N(C)C(=S)N2C)cc1Cl. The second kappa shape index (κ2) is 6.22. The van der Waals surface area contributed by atoms with Crippen molar-refractivity contribution in [1.29, 1.82) is 0 Å². The standard InChI is InChI=1S/C14H14Cl2N2O2S/c1-4-20-12-9(15)5-8(6-10(12)16)7-11-13(19)18(3)14(21)17(11)2/h5-7H,4H2,1-3H3/b11-7-. The highest BCUT2D eigenvalue weighted by atomic mass is 35.5. The molecule has 1 fully saturated rings. The molecule has 112 valence electrons. The van der Waals surface area contributed by atoms with Crippen molar-refractivity contribution >= 4 is 52.5 Å². The van der Waals surface area contributed by atoms with Gasteiger partial charge in [-0.25, -0.2) is 0 Å². The van der Waals surface area contributed by atoms with Gasteiger partial charge in [-0.2, -0.15) is 0 Å². The molecule has 0 atom stereocenters. The lowest BCUT2D eigenvalue weighted by Gasteiger charge is -2.12. The van der Waals surface area contributed by atoms with E-state index in [2.05, 4.69) is 0 Å². The van der Waals surface area contributed by atoms with Gasteiger partial charge in [-0.15, -0.1) is 0 Å².